The number of nitrogens with zero attached hydrogens (tertiary/aromatic N) is 5. The molecule has 1 unspecified atom stereocenters. The number of hydrogen-bond acceptors (Lipinski definition) is 5. The molecule has 0 spiro atoms. The summed E-state index contributed by atoms with van der Waals surface area (Å²) in [7, 11) is 0. The summed E-state index contributed by atoms with van der Waals surface area (Å²) in [6.07, 6.45) is 1.57. The maximum atomic E-state index is 6.18. The highest BCUT2D eigenvalue weighted by atomic mass is 35.5. The molecular formula is C12H11Cl2N5O. The van der Waals surface area contributed by atoms with E-state index in [1.54, 1.807) is 19.2 Å². The van der Waals surface area contributed by atoms with Crippen molar-refractivity contribution < 1.29 is 4.52 Å². The van der Waals surface area contributed by atoms with E-state index in [-0.39, 0.29) is 5.38 Å². The Morgan fingerprint density at radius 2 is 2.20 bits per heavy atom. The Balaban J connectivity index is 2.13. The summed E-state index contributed by atoms with van der Waals surface area (Å²) in [5.74, 6) is 1.75. The number of imidazole rings is 1. The molecule has 0 saturated carbocycles. The lowest BCUT2D eigenvalue weighted by Gasteiger charge is -2.06. The molecule has 3 rings (SSSR count). The first-order valence-corrected chi connectivity index (χ1v) is 6.81. The second-order valence-electron chi connectivity index (χ2n) is 4.40. The zero-order chi connectivity index (χ0) is 14.3. The Bertz CT molecular complexity index is 764. The molecule has 0 fully saturated rings. The molecule has 0 aliphatic rings. The van der Waals surface area contributed by atoms with Crippen LogP contribution in [0.5, 0.6) is 0 Å². The van der Waals surface area contributed by atoms with Crippen LogP contribution >= 0.6 is 23.2 Å². The van der Waals surface area contributed by atoms with Crippen LogP contribution in [-0.4, -0.2) is 24.7 Å². The van der Waals surface area contributed by atoms with Gasteiger partial charge in [0.1, 0.15) is 17.9 Å². The lowest BCUT2D eigenvalue weighted by molar-refractivity contribution is 0.367. The van der Waals surface area contributed by atoms with Crippen molar-refractivity contribution >= 4 is 34.4 Å². The molecule has 0 aliphatic carbocycles. The molecule has 6 nitrogen and oxygen atoms in total. The van der Waals surface area contributed by atoms with Crippen LogP contribution in [0.1, 0.15) is 29.8 Å². The normalized spacial score (nSPS) is 13.0. The van der Waals surface area contributed by atoms with Gasteiger partial charge in [-0.3, -0.25) is 0 Å². The monoisotopic (exact) mass is 311 g/mol. The fraction of sp³-hybridized carbons (Fsp3) is 0.333. The third kappa shape index (κ3) is 2.36. The Hall–Kier alpha value is -1.66. The van der Waals surface area contributed by atoms with Gasteiger partial charge >= 0.3 is 0 Å². The van der Waals surface area contributed by atoms with Crippen LogP contribution in [0.15, 0.2) is 16.8 Å². The summed E-state index contributed by atoms with van der Waals surface area (Å²) < 4.78 is 7.00. The minimum Gasteiger partial charge on any atom is -0.337 e. The van der Waals surface area contributed by atoms with Gasteiger partial charge in [-0.15, -0.1) is 11.6 Å². The van der Waals surface area contributed by atoms with E-state index in [0.29, 0.717) is 40.3 Å². The van der Waals surface area contributed by atoms with Gasteiger partial charge in [0.25, 0.3) is 0 Å². The van der Waals surface area contributed by atoms with Crippen molar-refractivity contribution in [3.63, 3.8) is 0 Å². The van der Waals surface area contributed by atoms with Gasteiger partial charge in [0.2, 0.25) is 5.89 Å². The van der Waals surface area contributed by atoms with E-state index >= 15 is 0 Å². The SMILES string of the molecule is Cc1noc(Cn2c(C(C)Cl)nc3cc(Cl)cnc32)n1. The zero-order valence-electron chi connectivity index (χ0n) is 10.8. The van der Waals surface area contributed by atoms with Crippen LogP contribution < -0.4 is 0 Å². The number of aryl methyl sites for hydroxylation is 1. The van der Waals surface area contributed by atoms with Crippen molar-refractivity contribution in [3.8, 4) is 0 Å². The van der Waals surface area contributed by atoms with Crippen LogP contribution in [0, 0.1) is 6.92 Å². The number of alkyl halides is 1. The highest BCUT2D eigenvalue weighted by Gasteiger charge is 2.18. The average Bonchev–Trinajstić information content (AvgIpc) is 2.94. The molecule has 0 amide bonds. The predicted molar refractivity (Wildman–Crippen MR) is 74.9 cm³/mol. The highest BCUT2D eigenvalue weighted by molar-refractivity contribution is 6.31. The van der Waals surface area contributed by atoms with Gasteiger partial charge in [0, 0.05) is 6.20 Å². The molecule has 3 aromatic heterocycles. The molecule has 0 radical (unpaired) electrons. The van der Waals surface area contributed by atoms with Gasteiger partial charge in [-0.05, 0) is 19.9 Å². The Kier molecular flexibility index (Phi) is 3.35. The van der Waals surface area contributed by atoms with Crippen molar-refractivity contribution in [2.45, 2.75) is 25.8 Å². The molecule has 8 heteroatoms. The van der Waals surface area contributed by atoms with Gasteiger partial charge in [0.05, 0.1) is 10.4 Å². The van der Waals surface area contributed by atoms with E-state index in [1.807, 2.05) is 11.5 Å². The van der Waals surface area contributed by atoms with Gasteiger partial charge in [0.15, 0.2) is 11.5 Å². The molecular weight excluding hydrogens is 301 g/mol. The highest BCUT2D eigenvalue weighted by Crippen LogP contribution is 2.25. The van der Waals surface area contributed by atoms with Crippen molar-refractivity contribution in [3.05, 3.63) is 34.8 Å². The van der Waals surface area contributed by atoms with Crippen LogP contribution in [0.2, 0.25) is 5.02 Å². The summed E-state index contributed by atoms with van der Waals surface area (Å²) in [6, 6.07) is 1.75. The number of aromatic nitrogens is 5. The second kappa shape index (κ2) is 5.03. The average molecular weight is 312 g/mol. The molecule has 20 heavy (non-hydrogen) atoms. The Morgan fingerprint density at radius 1 is 1.40 bits per heavy atom. The number of hydrogen-bond donors (Lipinski definition) is 0. The fourth-order valence-corrected chi connectivity index (χ4v) is 2.32. The summed E-state index contributed by atoms with van der Waals surface area (Å²) in [4.78, 5) is 13.0. The molecule has 0 N–H and O–H groups in total. The maximum absolute atomic E-state index is 6.18. The number of rotatable bonds is 3. The van der Waals surface area contributed by atoms with Gasteiger partial charge in [-0.2, -0.15) is 4.98 Å². The van der Waals surface area contributed by atoms with Crippen LogP contribution in [0.3, 0.4) is 0 Å². The zero-order valence-corrected chi connectivity index (χ0v) is 12.4. The first-order valence-electron chi connectivity index (χ1n) is 5.99. The first kappa shape index (κ1) is 13.3. The van der Waals surface area contributed by atoms with Crippen molar-refractivity contribution in [2.75, 3.05) is 0 Å². The third-order valence-electron chi connectivity index (χ3n) is 2.80. The molecule has 0 aromatic carbocycles. The topological polar surface area (TPSA) is 69.6 Å². The van der Waals surface area contributed by atoms with Crippen LogP contribution in [0.4, 0.5) is 0 Å². The maximum Gasteiger partial charge on any atom is 0.246 e. The molecule has 0 aliphatic heterocycles. The number of fused-ring (bicyclic) bond motifs is 1. The summed E-state index contributed by atoms with van der Waals surface area (Å²) >= 11 is 12.1. The quantitative estimate of drug-likeness (QED) is 0.695. The van der Waals surface area contributed by atoms with Crippen LogP contribution in [-0.2, 0) is 6.54 Å². The van der Waals surface area contributed by atoms with E-state index in [2.05, 4.69) is 20.1 Å². The van der Waals surface area contributed by atoms with Crippen molar-refractivity contribution in [2.24, 2.45) is 0 Å². The lowest BCUT2D eigenvalue weighted by Crippen LogP contribution is -2.06. The smallest absolute Gasteiger partial charge is 0.246 e. The van der Waals surface area contributed by atoms with Gasteiger partial charge in [-0.1, -0.05) is 16.8 Å². The van der Waals surface area contributed by atoms with E-state index in [0.717, 1.165) is 0 Å². The standard InChI is InChI=1S/C12H11Cl2N5O/c1-6(13)11-17-9-3-8(14)4-15-12(9)19(11)5-10-16-7(2)18-20-10/h3-4,6H,5H2,1-2H3. The van der Waals surface area contributed by atoms with Gasteiger partial charge in [-0.25, -0.2) is 9.97 Å². The number of pyridine rings is 1. The van der Waals surface area contributed by atoms with E-state index in [9.17, 15) is 0 Å². The minimum atomic E-state index is -0.271. The van der Waals surface area contributed by atoms with Crippen LogP contribution in [0.25, 0.3) is 11.2 Å². The Morgan fingerprint density at radius 3 is 2.85 bits per heavy atom. The molecule has 104 valence electrons. The lowest BCUT2D eigenvalue weighted by atomic mass is 10.4. The largest absolute Gasteiger partial charge is 0.337 e. The van der Waals surface area contributed by atoms with Crippen molar-refractivity contribution in [1.82, 2.24) is 24.7 Å². The van der Waals surface area contributed by atoms with E-state index < -0.39 is 0 Å². The fourth-order valence-electron chi connectivity index (χ4n) is 2.00. The first-order chi connectivity index (χ1) is 9.54. The third-order valence-corrected chi connectivity index (χ3v) is 3.20. The molecule has 3 aromatic rings. The summed E-state index contributed by atoms with van der Waals surface area (Å²) in [5.41, 5.74) is 1.38. The van der Waals surface area contributed by atoms with Crippen molar-refractivity contribution in [1.29, 1.82) is 0 Å². The predicted octanol–water partition coefficient (Wildman–Crippen LogP) is 3.12. The second-order valence-corrected chi connectivity index (χ2v) is 5.49. The molecule has 0 saturated heterocycles. The van der Waals surface area contributed by atoms with Gasteiger partial charge < -0.3 is 9.09 Å². The molecule has 3 heterocycles. The number of halogens is 2. The molecule has 0 bridgehead atoms. The van der Waals surface area contributed by atoms with E-state index in [4.69, 9.17) is 27.7 Å². The van der Waals surface area contributed by atoms with E-state index in [1.165, 1.54) is 0 Å². The Labute approximate surface area is 124 Å². The summed E-state index contributed by atoms with van der Waals surface area (Å²) in [5, 5.41) is 4.03. The molecule has 1 atom stereocenters. The minimum absolute atomic E-state index is 0.271. The summed E-state index contributed by atoms with van der Waals surface area (Å²) in [6.45, 7) is 3.99.